The second-order valence-corrected chi connectivity index (χ2v) is 6.59. The summed E-state index contributed by atoms with van der Waals surface area (Å²) in [7, 11) is 2.16. The van der Waals surface area contributed by atoms with Crippen LogP contribution in [0.15, 0.2) is 28.7 Å². The summed E-state index contributed by atoms with van der Waals surface area (Å²) in [5.41, 5.74) is 1.35. The van der Waals surface area contributed by atoms with E-state index in [1.165, 1.54) is 5.56 Å². The van der Waals surface area contributed by atoms with E-state index in [-0.39, 0.29) is 0 Å². The van der Waals surface area contributed by atoms with Crippen molar-refractivity contribution in [1.29, 1.82) is 0 Å². The number of ether oxygens (including phenoxy) is 1. The summed E-state index contributed by atoms with van der Waals surface area (Å²) in [4.78, 5) is 2.34. The maximum atomic E-state index is 5.60. The Bertz CT molecular complexity index is 381. The highest BCUT2D eigenvalue weighted by Gasteiger charge is 2.11. The summed E-state index contributed by atoms with van der Waals surface area (Å²) in [5.74, 6) is 0. The molecule has 0 heterocycles. The van der Waals surface area contributed by atoms with E-state index >= 15 is 0 Å². The minimum Gasteiger partial charge on any atom is -0.377 e. The quantitative estimate of drug-likeness (QED) is 0.689. The molecule has 21 heavy (non-hydrogen) atoms. The molecule has 1 aromatic carbocycles. The van der Waals surface area contributed by atoms with E-state index in [0.717, 1.165) is 37.1 Å². The zero-order chi connectivity index (χ0) is 15.7. The van der Waals surface area contributed by atoms with Crippen LogP contribution in [0.3, 0.4) is 0 Å². The first-order valence-electron chi connectivity index (χ1n) is 7.82. The van der Waals surface area contributed by atoms with E-state index in [4.69, 9.17) is 4.74 Å². The third-order valence-electron chi connectivity index (χ3n) is 3.45. The van der Waals surface area contributed by atoms with Crippen molar-refractivity contribution in [2.24, 2.45) is 0 Å². The zero-order valence-corrected chi connectivity index (χ0v) is 15.3. The topological polar surface area (TPSA) is 24.5 Å². The Morgan fingerprint density at radius 2 is 1.86 bits per heavy atom. The van der Waals surface area contributed by atoms with Gasteiger partial charge < -0.3 is 15.0 Å². The van der Waals surface area contributed by atoms with Gasteiger partial charge >= 0.3 is 0 Å². The van der Waals surface area contributed by atoms with Gasteiger partial charge in [-0.05, 0) is 58.1 Å². The van der Waals surface area contributed by atoms with Crippen molar-refractivity contribution in [2.75, 3.05) is 33.3 Å². The molecule has 120 valence electrons. The molecule has 0 fully saturated rings. The molecule has 0 aliphatic heterocycles. The van der Waals surface area contributed by atoms with Gasteiger partial charge in [0.25, 0.3) is 0 Å². The molecule has 1 atom stereocenters. The highest BCUT2D eigenvalue weighted by Crippen LogP contribution is 2.19. The maximum absolute atomic E-state index is 5.60. The molecular formula is C17H29BrN2O. The van der Waals surface area contributed by atoms with Gasteiger partial charge in [0.2, 0.25) is 0 Å². The van der Waals surface area contributed by atoms with Crippen LogP contribution in [-0.4, -0.2) is 44.3 Å². The Morgan fingerprint density at radius 1 is 1.19 bits per heavy atom. The van der Waals surface area contributed by atoms with Crippen molar-refractivity contribution in [1.82, 2.24) is 10.2 Å². The fourth-order valence-electron chi connectivity index (χ4n) is 2.23. The van der Waals surface area contributed by atoms with Gasteiger partial charge in [-0.1, -0.05) is 35.0 Å². The lowest BCUT2D eigenvalue weighted by Gasteiger charge is -2.23. The van der Waals surface area contributed by atoms with Crippen molar-refractivity contribution < 1.29 is 4.74 Å². The molecule has 0 aliphatic carbocycles. The number of benzene rings is 1. The van der Waals surface area contributed by atoms with Crippen molar-refractivity contribution in [3.63, 3.8) is 0 Å². The number of rotatable bonds is 10. The Labute approximate surface area is 138 Å². The minimum absolute atomic E-state index is 0.315. The van der Waals surface area contributed by atoms with Crippen LogP contribution < -0.4 is 5.32 Å². The minimum atomic E-state index is 0.315. The van der Waals surface area contributed by atoms with Crippen LogP contribution in [0, 0.1) is 0 Å². The average molecular weight is 357 g/mol. The molecule has 1 unspecified atom stereocenters. The molecule has 0 saturated heterocycles. The van der Waals surface area contributed by atoms with Gasteiger partial charge in [-0.2, -0.15) is 0 Å². The van der Waals surface area contributed by atoms with Crippen molar-refractivity contribution >= 4 is 15.9 Å². The number of nitrogens with one attached hydrogen (secondary N) is 1. The number of likely N-dealkylation sites (N-methyl/N-ethyl adjacent to an activating group) is 1. The molecule has 1 N–H and O–H groups in total. The standard InChI is InChI=1S/C17H29BrN2O/c1-5-19-17(15-6-8-16(18)9-7-15)10-11-20(4)12-13-21-14(2)3/h6-9,14,17,19H,5,10-13H2,1-4H3. The predicted octanol–water partition coefficient (Wildman–Crippen LogP) is 3.85. The smallest absolute Gasteiger partial charge is 0.0596 e. The first-order valence-corrected chi connectivity index (χ1v) is 8.61. The van der Waals surface area contributed by atoms with Gasteiger partial charge in [-0.15, -0.1) is 0 Å². The molecular weight excluding hydrogens is 328 g/mol. The number of nitrogens with zero attached hydrogens (tertiary/aromatic N) is 1. The maximum Gasteiger partial charge on any atom is 0.0596 e. The SMILES string of the molecule is CCNC(CCN(C)CCOC(C)C)c1ccc(Br)cc1. The summed E-state index contributed by atoms with van der Waals surface area (Å²) in [6.07, 6.45) is 1.42. The van der Waals surface area contributed by atoms with E-state index in [9.17, 15) is 0 Å². The van der Waals surface area contributed by atoms with Crippen LogP contribution in [0.25, 0.3) is 0 Å². The summed E-state index contributed by atoms with van der Waals surface area (Å²) in [6.45, 7) is 10.2. The molecule has 1 rings (SSSR count). The van der Waals surface area contributed by atoms with Crippen molar-refractivity contribution in [3.8, 4) is 0 Å². The molecule has 4 heteroatoms. The van der Waals surface area contributed by atoms with Crippen molar-refractivity contribution in [3.05, 3.63) is 34.3 Å². The van der Waals surface area contributed by atoms with E-state index in [2.05, 4.69) is 78.2 Å². The van der Waals surface area contributed by atoms with Gasteiger partial charge in [0.1, 0.15) is 0 Å². The molecule has 0 aliphatic rings. The lowest BCUT2D eigenvalue weighted by atomic mass is 10.0. The first kappa shape index (κ1) is 18.6. The lowest BCUT2D eigenvalue weighted by Crippen LogP contribution is -2.29. The first-order chi connectivity index (χ1) is 10.0. The van der Waals surface area contributed by atoms with Crippen LogP contribution in [-0.2, 0) is 4.74 Å². The molecule has 0 aromatic heterocycles. The summed E-state index contributed by atoms with van der Waals surface area (Å²) < 4.78 is 6.73. The Balaban J connectivity index is 2.42. The Kier molecular flexibility index (Phi) is 9.16. The summed E-state index contributed by atoms with van der Waals surface area (Å²) in [6, 6.07) is 9.02. The van der Waals surface area contributed by atoms with Gasteiger partial charge in [-0.3, -0.25) is 0 Å². The van der Waals surface area contributed by atoms with Crippen LogP contribution in [0.2, 0.25) is 0 Å². The van der Waals surface area contributed by atoms with Crippen LogP contribution in [0.4, 0.5) is 0 Å². The van der Waals surface area contributed by atoms with E-state index in [1.54, 1.807) is 0 Å². The van der Waals surface area contributed by atoms with Crippen LogP contribution in [0.1, 0.15) is 38.8 Å². The highest BCUT2D eigenvalue weighted by atomic mass is 79.9. The number of halogens is 1. The molecule has 0 saturated carbocycles. The normalized spacial score (nSPS) is 13.1. The third-order valence-corrected chi connectivity index (χ3v) is 3.98. The van der Waals surface area contributed by atoms with Crippen molar-refractivity contribution in [2.45, 2.75) is 39.3 Å². The lowest BCUT2D eigenvalue weighted by molar-refractivity contribution is 0.0632. The van der Waals surface area contributed by atoms with E-state index in [1.807, 2.05) is 0 Å². The molecule has 0 amide bonds. The fourth-order valence-corrected chi connectivity index (χ4v) is 2.50. The van der Waals surface area contributed by atoms with Gasteiger partial charge in [0.15, 0.2) is 0 Å². The number of hydrogen-bond donors (Lipinski definition) is 1. The highest BCUT2D eigenvalue weighted by molar-refractivity contribution is 9.10. The van der Waals surface area contributed by atoms with Crippen LogP contribution in [0.5, 0.6) is 0 Å². The monoisotopic (exact) mass is 356 g/mol. The third kappa shape index (κ3) is 7.96. The second kappa shape index (κ2) is 10.3. The molecule has 0 radical (unpaired) electrons. The molecule has 1 aromatic rings. The average Bonchev–Trinajstić information content (AvgIpc) is 2.44. The van der Waals surface area contributed by atoms with E-state index < -0.39 is 0 Å². The molecule has 0 bridgehead atoms. The van der Waals surface area contributed by atoms with E-state index in [0.29, 0.717) is 12.1 Å². The number of hydrogen-bond acceptors (Lipinski definition) is 3. The second-order valence-electron chi connectivity index (χ2n) is 5.67. The zero-order valence-electron chi connectivity index (χ0n) is 13.7. The fraction of sp³-hybridized carbons (Fsp3) is 0.647. The van der Waals surface area contributed by atoms with Gasteiger partial charge in [-0.25, -0.2) is 0 Å². The Morgan fingerprint density at radius 3 is 2.43 bits per heavy atom. The van der Waals surface area contributed by atoms with Gasteiger partial charge in [0, 0.05) is 17.1 Å². The summed E-state index contributed by atoms with van der Waals surface area (Å²) >= 11 is 3.49. The Hall–Kier alpha value is -0.420. The predicted molar refractivity (Wildman–Crippen MR) is 93.8 cm³/mol. The summed E-state index contributed by atoms with van der Waals surface area (Å²) in [5, 5.41) is 3.57. The van der Waals surface area contributed by atoms with Crippen LogP contribution >= 0.6 is 15.9 Å². The largest absolute Gasteiger partial charge is 0.377 e. The van der Waals surface area contributed by atoms with Gasteiger partial charge in [0.05, 0.1) is 12.7 Å². The molecule has 3 nitrogen and oxygen atoms in total. The molecule has 0 spiro atoms.